The fourth-order valence-corrected chi connectivity index (χ4v) is 6.07. The first-order valence-electron chi connectivity index (χ1n) is 13.3. The van der Waals surface area contributed by atoms with E-state index in [4.69, 9.17) is 4.74 Å². The molecule has 0 N–H and O–H groups in total. The molecule has 1 aliphatic heterocycles. The first-order chi connectivity index (χ1) is 18.1. The first kappa shape index (κ1) is 24.3. The van der Waals surface area contributed by atoms with Crippen molar-refractivity contribution in [3.05, 3.63) is 95.4 Å². The molecule has 2 heterocycles. The number of nitrogens with zero attached hydrogens (tertiary/aromatic N) is 4. The summed E-state index contributed by atoms with van der Waals surface area (Å²) in [7, 11) is 1.83. The monoisotopic (exact) mass is 498 g/mol. The molecule has 2 fully saturated rings. The lowest BCUT2D eigenvalue weighted by Crippen LogP contribution is -2.51. The summed E-state index contributed by atoms with van der Waals surface area (Å²) in [5.74, 6) is 0.470. The molecular formula is C31H35FN4O. The van der Waals surface area contributed by atoms with Crippen molar-refractivity contribution in [1.82, 2.24) is 19.6 Å². The molecule has 0 unspecified atom stereocenters. The van der Waals surface area contributed by atoms with Gasteiger partial charge in [-0.15, -0.1) is 0 Å². The average Bonchev–Trinajstić information content (AvgIpc) is 3.29. The van der Waals surface area contributed by atoms with Crippen molar-refractivity contribution in [2.75, 3.05) is 33.3 Å². The molecule has 3 aromatic carbocycles. The van der Waals surface area contributed by atoms with Crippen LogP contribution in [0, 0.1) is 18.7 Å². The lowest BCUT2D eigenvalue weighted by atomic mass is 9.81. The summed E-state index contributed by atoms with van der Waals surface area (Å²) in [4.78, 5) is 5.30. The van der Waals surface area contributed by atoms with Gasteiger partial charge in [-0.05, 0) is 78.8 Å². The Morgan fingerprint density at radius 1 is 1.00 bits per heavy atom. The smallest absolute Gasteiger partial charge is 0.123 e. The molecule has 6 heteroatoms. The fourth-order valence-electron chi connectivity index (χ4n) is 6.07. The number of piperazine rings is 1. The second-order valence-corrected chi connectivity index (χ2v) is 10.7. The lowest BCUT2D eigenvalue weighted by Gasteiger charge is -2.46. The lowest BCUT2D eigenvalue weighted by molar-refractivity contribution is -0.0271. The van der Waals surface area contributed by atoms with Gasteiger partial charge >= 0.3 is 0 Å². The van der Waals surface area contributed by atoms with E-state index in [1.807, 2.05) is 18.0 Å². The Hall–Kier alpha value is -3.06. The van der Waals surface area contributed by atoms with Crippen molar-refractivity contribution >= 4 is 10.9 Å². The van der Waals surface area contributed by atoms with Crippen LogP contribution in [0.4, 0.5) is 4.39 Å². The second-order valence-electron chi connectivity index (χ2n) is 10.7. The van der Waals surface area contributed by atoms with E-state index in [2.05, 4.69) is 64.3 Å². The zero-order chi connectivity index (χ0) is 25.4. The number of hydrogen-bond donors (Lipinski definition) is 0. The zero-order valence-electron chi connectivity index (χ0n) is 21.7. The number of fused-ring (bicyclic) bond motifs is 1. The molecule has 192 valence electrons. The van der Waals surface area contributed by atoms with E-state index in [-0.39, 0.29) is 5.82 Å². The molecule has 2 aliphatic rings. The molecule has 0 spiro atoms. The molecule has 4 aromatic rings. The predicted molar refractivity (Wildman–Crippen MR) is 145 cm³/mol. The van der Waals surface area contributed by atoms with Gasteiger partial charge in [-0.2, -0.15) is 5.10 Å². The van der Waals surface area contributed by atoms with Crippen LogP contribution in [0.15, 0.2) is 72.9 Å². The normalized spacial score (nSPS) is 22.8. The van der Waals surface area contributed by atoms with Gasteiger partial charge in [0.15, 0.2) is 0 Å². The highest BCUT2D eigenvalue weighted by atomic mass is 19.1. The van der Waals surface area contributed by atoms with E-state index in [9.17, 15) is 4.39 Å². The number of hydrogen-bond acceptors (Lipinski definition) is 4. The summed E-state index contributed by atoms with van der Waals surface area (Å²) < 4.78 is 21.0. The van der Waals surface area contributed by atoms with Crippen LogP contribution in [0.5, 0.6) is 0 Å². The predicted octanol–water partition coefficient (Wildman–Crippen LogP) is 5.76. The molecule has 1 aliphatic carbocycles. The van der Waals surface area contributed by atoms with Gasteiger partial charge in [0.05, 0.1) is 23.5 Å². The number of aryl methyl sites for hydroxylation is 1. The molecule has 0 radical (unpaired) electrons. The third kappa shape index (κ3) is 5.06. The van der Waals surface area contributed by atoms with E-state index in [1.54, 1.807) is 12.1 Å². The number of ether oxygens (including phenoxy) is 1. The maximum Gasteiger partial charge on any atom is 0.123 e. The van der Waals surface area contributed by atoms with Gasteiger partial charge in [0, 0.05) is 51.3 Å². The highest BCUT2D eigenvalue weighted by molar-refractivity contribution is 5.82. The van der Waals surface area contributed by atoms with Crippen LogP contribution in [0.2, 0.25) is 0 Å². The summed E-state index contributed by atoms with van der Waals surface area (Å²) in [5, 5.41) is 5.78. The molecule has 1 saturated carbocycles. The highest BCUT2D eigenvalue weighted by Crippen LogP contribution is 2.36. The van der Waals surface area contributed by atoms with Gasteiger partial charge < -0.3 is 4.74 Å². The van der Waals surface area contributed by atoms with E-state index >= 15 is 0 Å². The molecule has 0 amide bonds. The number of benzene rings is 3. The first-order valence-corrected chi connectivity index (χ1v) is 13.3. The van der Waals surface area contributed by atoms with E-state index in [1.165, 1.54) is 28.8 Å². The SMILES string of the molecule is COC1CC(CN2CCN(Cc3ccccc3)C[C@H]2c2cc3cnn(-c4ccc(F)cc4)c3cc2C)C1. The van der Waals surface area contributed by atoms with Gasteiger partial charge in [-0.25, -0.2) is 9.07 Å². The Labute approximate surface area is 218 Å². The Morgan fingerprint density at radius 3 is 2.54 bits per heavy atom. The summed E-state index contributed by atoms with van der Waals surface area (Å²) in [5.41, 5.74) is 5.94. The molecule has 1 saturated heterocycles. The van der Waals surface area contributed by atoms with Crippen LogP contribution >= 0.6 is 0 Å². The maximum absolute atomic E-state index is 13.5. The Balaban J connectivity index is 1.30. The van der Waals surface area contributed by atoms with Crippen LogP contribution in [-0.4, -0.2) is 59.0 Å². The molecule has 1 aromatic heterocycles. The standard InChI is InChI=1S/C31H35FN4O/c1-22-14-30-25(18-33-36(30)27-10-8-26(32)9-11-27)17-29(22)31-21-34(19-23-6-4-3-5-7-23)12-13-35(31)20-24-15-28(16-24)37-2/h3-11,14,17-18,24,28,31H,12-13,15-16,19-21H2,1-2H3/t24?,28?,31-/m0/s1. The number of methoxy groups -OCH3 is 1. The van der Waals surface area contributed by atoms with Crippen molar-refractivity contribution in [1.29, 1.82) is 0 Å². The zero-order valence-corrected chi connectivity index (χ0v) is 21.7. The molecule has 37 heavy (non-hydrogen) atoms. The van der Waals surface area contributed by atoms with E-state index in [0.717, 1.165) is 62.2 Å². The summed E-state index contributed by atoms with van der Waals surface area (Å²) in [6, 6.07) is 22.2. The minimum absolute atomic E-state index is 0.237. The van der Waals surface area contributed by atoms with Crippen molar-refractivity contribution in [2.45, 2.75) is 38.5 Å². The number of rotatable bonds is 7. The number of aromatic nitrogens is 2. The Kier molecular flexibility index (Phi) is 6.80. The van der Waals surface area contributed by atoms with Crippen LogP contribution in [0.1, 0.15) is 35.6 Å². The van der Waals surface area contributed by atoms with Gasteiger partial charge in [-0.1, -0.05) is 30.3 Å². The Bertz CT molecular complexity index is 1350. The van der Waals surface area contributed by atoms with Gasteiger partial charge in [0.2, 0.25) is 0 Å². The van der Waals surface area contributed by atoms with Crippen LogP contribution in [0.25, 0.3) is 16.6 Å². The average molecular weight is 499 g/mol. The van der Waals surface area contributed by atoms with Crippen molar-refractivity contribution in [3.63, 3.8) is 0 Å². The molecular weight excluding hydrogens is 463 g/mol. The minimum atomic E-state index is -0.237. The molecule has 6 rings (SSSR count). The fraction of sp³-hybridized carbons (Fsp3) is 0.387. The topological polar surface area (TPSA) is 33.5 Å². The molecule has 0 bridgehead atoms. The third-order valence-corrected chi connectivity index (χ3v) is 8.23. The second kappa shape index (κ2) is 10.4. The van der Waals surface area contributed by atoms with E-state index < -0.39 is 0 Å². The van der Waals surface area contributed by atoms with Crippen LogP contribution in [0.3, 0.4) is 0 Å². The third-order valence-electron chi connectivity index (χ3n) is 8.23. The largest absolute Gasteiger partial charge is 0.381 e. The van der Waals surface area contributed by atoms with Gasteiger partial charge in [-0.3, -0.25) is 9.80 Å². The molecule has 5 nitrogen and oxygen atoms in total. The maximum atomic E-state index is 13.5. The van der Waals surface area contributed by atoms with Gasteiger partial charge in [0.25, 0.3) is 0 Å². The molecule has 1 atom stereocenters. The quantitative estimate of drug-likeness (QED) is 0.325. The van der Waals surface area contributed by atoms with E-state index in [0.29, 0.717) is 18.1 Å². The van der Waals surface area contributed by atoms with Crippen molar-refractivity contribution < 1.29 is 9.13 Å². The number of halogens is 1. The minimum Gasteiger partial charge on any atom is -0.381 e. The van der Waals surface area contributed by atoms with Crippen molar-refractivity contribution in [2.24, 2.45) is 5.92 Å². The highest BCUT2D eigenvalue weighted by Gasteiger charge is 2.35. The summed E-state index contributed by atoms with van der Waals surface area (Å²) in [6.07, 6.45) is 4.69. The Morgan fingerprint density at radius 2 is 1.78 bits per heavy atom. The van der Waals surface area contributed by atoms with Crippen LogP contribution in [-0.2, 0) is 11.3 Å². The van der Waals surface area contributed by atoms with Crippen LogP contribution < -0.4 is 0 Å². The van der Waals surface area contributed by atoms with Crippen molar-refractivity contribution in [3.8, 4) is 5.69 Å². The summed E-state index contributed by atoms with van der Waals surface area (Å²) in [6.45, 7) is 7.47. The summed E-state index contributed by atoms with van der Waals surface area (Å²) >= 11 is 0. The van der Waals surface area contributed by atoms with Gasteiger partial charge in [0.1, 0.15) is 5.82 Å².